The van der Waals surface area contributed by atoms with E-state index in [0.29, 0.717) is 25.2 Å². The van der Waals surface area contributed by atoms with E-state index in [1.165, 1.54) is 0 Å². The van der Waals surface area contributed by atoms with Gasteiger partial charge in [0.25, 0.3) is 5.91 Å². The summed E-state index contributed by atoms with van der Waals surface area (Å²) in [7, 11) is 0. The Morgan fingerprint density at radius 3 is 2.54 bits per heavy atom. The van der Waals surface area contributed by atoms with Crippen molar-refractivity contribution in [3.63, 3.8) is 0 Å². The molecule has 2 aliphatic heterocycles. The minimum Gasteiger partial charge on any atom is -0.377 e. The van der Waals surface area contributed by atoms with E-state index in [1.807, 2.05) is 16.7 Å². The molecule has 1 aromatic heterocycles. The van der Waals surface area contributed by atoms with Gasteiger partial charge >= 0.3 is 0 Å². The molecule has 0 unspecified atom stereocenters. The Bertz CT molecular complexity index is 570. The van der Waals surface area contributed by atoms with E-state index < -0.39 is 0 Å². The van der Waals surface area contributed by atoms with Gasteiger partial charge in [0.1, 0.15) is 0 Å². The molecule has 0 saturated carbocycles. The van der Waals surface area contributed by atoms with E-state index in [9.17, 15) is 9.59 Å². The van der Waals surface area contributed by atoms with Gasteiger partial charge in [0, 0.05) is 56.7 Å². The second-order valence-corrected chi connectivity index (χ2v) is 6.62. The van der Waals surface area contributed by atoms with Crippen LogP contribution >= 0.6 is 0 Å². The van der Waals surface area contributed by atoms with Gasteiger partial charge in [-0.25, -0.2) is 0 Å². The van der Waals surface area contributed by atoms with Gasteiger partial charge in [-0.3, -0.25) is 14.6 Å². The number of piperidine rings is 1. The molecular weight excluding hydrogens is 306 g/mol. The van der Waals surface area contributed by atoms with Gasteiger partial charge in [-0.15, -0.1) is 0 Å². The summed E-state index contributed by atoms with van der Waals surface area (Å²) in [5.74, 6) is 0.278. The lowest BCUT2D eigenvalue weighted by atomic mass is 9.94. The van der Waals surface area contributed by atoms with Crippen LogP contribution in [0, 0.1) is 5.92 Å². The normalized spacial score (nSPS) is 23.0. The molecule has 0 N–H and O–H groups in total. The van der Waals surface area contributed by atoms with Crippen LogP contribution in [0.5, 0.6) is 0 Å². The number of pyridine rings is 1. The number of amides is 2. The maximum atomic E-state index is 12.8. The highest BCUT2D eigenvalue weighted by Crippen LogP contribution is 2.22. The summed E-state index contributed by atoms with van der Waals surface area (Å²) in [6.07, 6.45) is 5.74. The average molecular weight is 331 g/mol. The second kappa shape index (κ2) is 7.75. The Labute approximate surface area is 142 Å². The molecule has 24 heavy (non-hydrogen) atoms. The molecule has 1 aromatic rings. The first-order valence-corrected chi connectivity index (χ1v) is 8.75. The number of rotatable bonds is 2. The lowest BCUT2D eigenvalue weighted by Gasteiger charge is -2.34. The molecule has 0 radical (unpaired) electrons. The lowest BCUT2D eigenvalue weighted by molar-refractivity contribution is -0.137. The number of aromatic nitrogens is 1. The molecule has 2 saturated heterocycles. The van der Waals surface area contributed by atoms with E-state index in [-0.39, 0.29) is 23.8 Å². The zero-order valence-electron chi connectivity index (χ0n) is 14.2. The molecule has 0 bridgehead atoms. The van der Waals surface area contributed by atoms with Crippen LogP contribution in [0.4, 0.5) is 0 Å². The molecule has 1 atom stereocenters. The fraction of sp³-hybridized carbons (Fsp3) is 0.611. The lowest BCUT2D eigenvalue weighted by Crippen LogP contribution is -2.45. The molecule has 0 spiro atoms. The summed E-state index contributed by atoms with van der Waals surface area (Å²) in [6.45, 7) is 5.47. The van der Waals surface area contributed by atoms with Crippen molar-refractivity contribution in [3.05, 3.63) is 30.1 Å². The van der Waals surface area contributed by atoms with Crippen molar-refractivity contribution in [1.82, 2.24) is 14.8 Å². The molecule has 2 aliphatic rings. The first kappa shape index (κ1) is 16.9. The molecule has 3 rings (SSSR count). The number of carbonyl (C=O) groups is 2. The van der Waals surface area contributed by atoms with Gasteiger partial charge in [0.15, 0.2) is 0 Å². The van der Waals surface area contributed by atoms with E-state index >= 15 is 0 Å². The van der Waals surface area contributed by atoms with Crippen LogP contribution in [-0.4, -0.2) is 65.5 Å². The van der Waals surface area contributed by atoms with Crippen LogP contribution in [0.1, 0.15) is 36.5 Å². The maximum absolute atomic E-state index is 12.8. The van der Waals surface area contributed by atoms with Crippen LogP contribution in [0.25, 0.3) is 0 Å². The number of hydrogen-bond donors (Lipinski definition) is 0. The summed E-state index contributed by atoms with van der Waals surface area (Å²) >= 11 is 0. The fourth-order valence-corrected chi connectivity index (χ4v) is 3.46. The van der Waals surface area contributed by atoms with Crippen LogP contribution in [0.2, 0.25) is 0 Å². The molecular formula is C18H25N3O3. The van der Waals surface area contributed by atoms with Crippen molar-refractivity contribution in [2.75, 3.05) is 32.8 Å². The monoisotopic (exact) mass is 331 g/mol. The van der Waals surface area contributed by atoms with Gasteiger partial charge in [0.05, 0.1) is 6.10 Å². The Hall–Kier alpha value is -1.95. The summed E-state index contributed by atoms with van der Waals surface area (Å²) in [5, 5.41) is 0. The topological polar surface area (TPSA) is 62.7 Å². The van der Waals surface area contributed by atoms with E-state index in [4.69, 9.17) is 4.74 Å². The molecule has 2 amide bonds. The van der Waals surface area contributed by atoms with E-state index in [2.05, 4.69) is 4.98 Å². The number of likely N-dealkylation sites (tertiary alicyclic amines) is 1. The summed E-state index contributed by atoms with van der Waals surface area (Å²) in [4.78, 5) is 32.9. The van der Waals surface area contributed by atoms with E-state index in [1.54, 1.807) is 24.5 Å². The first-order valence-electron chi connectivity index (χ1n) is 8.75. The number of nitrogens with zero attached hydrogens (tertiary/aromatic N) is 3. The van der Waals surface area contributed by atoms with Crippen LogP contribution in [-0.2, 0) is 9.53 Å². The van der Waals surface area contributed by atoms with Gasteiger partial charge < -0.3 is 14.5 Å². The summed E-state index contributed by atoms with van der Waals surface area (Å²) in [6, 6.07) is 3.47. The molecule has 2 fully saturated rings. The molecule has 6 heteroatoms. The Morgan fingerprint density at radius 1 is 1.12 bits per heavy atom. The number of hydrogen-bond acceptors (Lipinski definition) is 4. The molecule has 130 valence electrons. The highest BCUT2D eigenvalue weighted by Gasteiger charge is 2.31. The predicted molar refractivity (Wildman–Crippen MR) is 89.5 cm³/mol. The largest absolute Gasteiger partial charge is 0.377 e. The zero-order chi connectivity index (χ0) is 16.9. The second-order valence-electron chi connectivity index (χ2n) is 6.62. The van der Waals surface area contributed by atoms with Gasteiger partial charge in [-0.1, -0.05) is 0 Å². The SMILES string of the molecule is C[C@H]1CN(C(=O)C2CCN(C(=O)c3ccncc3)CC2)CCCO1. The fourth-order valence-electron chi connectivity index (χ4n) is 3.46. The van der Waals surface area contributed by atoms with Gasteiger partial charge in [-0.2, -0.15) is 0 Å². The van der Waals surface area contributed by atoms with Crippen LogP contribution in [0.3, 0.4) is 0 Å². The smallest absolute Gasteiger partial charge is 0.253 e. The van der Waals surface area contributed by atoms with Crippen LogP contribution in [0.15, 0.2) is 24.5 Å². The Kier molecular flexibility index (Phi) is 5.45. The molecule has 0 aromatic carbocycles. The minimum atomic E-state index is 0.0248. The standard InChI is InChI=1S/C18H25N3O3/c1-14-13-21(9-2-12-24-14)18(23)16-5-10-20(11-6-16)17(22)15-3-7-19-8-4-15/h3-4,7-8,14,16H,2,5-6,9-13H2,1H3/t14-/m0/s1. The van der Waals surface area contributed by atoms with Gasteiger partial charge in [-0.05, 0) is 38.3 Å². The first-order chi connectivity index (χ1) is 11.6. The molecule has 3 heterocycles. The van der Waals surface area contributed by atoms with Crippen molar-refractivity contribution in [2.45, 2.75) is 32.3 Å². The minimum absolute atomic E-state index is 0.0248. The van der Waals surface area contributed by atoms with E-state index in [0.717, 1.165) is 32.4 Å². The predicted octanol–water partition coefficient (Wildman–Crippen LogP) is 1.57. The summed E-state index contributed by atoms with van der Waals surface area (Å²) < 4.78 is 5.62. The molecule has 0 aliphatic carbocycles. The van der Waals surface area contributed by atoms with Crippen molar-refractivity contribution in [1.29, 1.82) is 0 Å². The van der Waals surface area contributed by atoms with Crippen molar-refractivity contribution < 1.29 is 14.3 Å². The van der Waals surface area contributed by atoms with Crippen LogP contribution < -0.4 is 0 Å². The van der Waals surface area contributed by atoms with Crippen molar-refractivity contribution in [3.8, 4) is 0 Å². The third-order valence-corrected chi connectivity index (χ3v) is 4.82. The highest BCUT2D eigenvalue weighted by molar-refractivity contribution is 5.94. The van der Waals surface area contributed by atoms with Crippen molar-refractivity contribution in [2.24, 2.45) is 5.92 Å². The third kappa shape index (κ3) is 3.93. The summed E-state index contributed by atoms with van der Waals surface area (Å²) in [5.41, 5.74) is 0.660. The number of ether oxygens (including phenoxy) is 1. The van der Waals surface area contributed by atoms with Gasteiger partial charge in [0.2, 0.25) is 5.91 Å². The maximum Gasteiger partial charge on any atom is 0.253 e. The Morgan fingerprint density at radius 2 is 1.83 bits per heavy atom. The quantitative estimate of drug-likeness (QED) is 0.825. The Balaban J connectivity index is 1.54. The zero-order valence-corrected chi connectivity index (χ0v) is 14.2. The highest BCUT2D eigenvalue weighted by atomic mass is 16.5. The third-order valence-electron chi connectivity index (χ3n) is 4.82. The molecule has 6 nitrogen and oxygen atoms in total. The van der Waals surface area contributed by atoms with Crippen molar-refractivity contribution >= 4 is 11.8 Å². The average Bonchev–Trinajstić information content (AvgIpc) is 2.86. The number of carbonyl (C=O) groups excluding carboxylic acids is 2.